The Hall–Kier alpha value is -2.34. The minimum Gasteiger partial charge on any atom is -0.370 e. The molecule has 3 nitrogen and oxygen atoms in total. The van der Waals surface area contributed by atoms with E-state index >= 15 is 0 Å². The van der Waals surface area contributed by atoms with E-state index in [-0.39, 0.29) is 19.1 Å². The Bertz CT molecular complexity index is 590. The molecule has 0 aliphatic heterocycles. The summed E-state index contributed by atoms with van der Waals surface area (Å²) in [6.07, 6.45) is -4.36. The van der Waals surface area contributed by atoms with Gasteiger partial charge in [-0.15, -0.1) is 0 Å². The Labute approximate surface area is 138 Å². The van der Waals surface area contributed by atoms with Gasteiger partial charge in [0, 0.05) is 6.54 Å². The lowest BCUT2D eigenvalue weighted by atomic mass is 9.90. The lowest BCUT2D eigenvalue weighted by Gasteiger charge is -2.18. The monoisotopic (exact) mass is 337 g/mol. The van der Waals surface area contributed by atoms with Crippen molar-refractivity contribution in [3.8, 4) is 0 Å². The predicted octanol–water partition coefficient (Wildman–Crippen LogP) is 3.51. The van der Waals surface area contributed by atoms with Crippen LogP contribution in [0.3, 0.4) is 0 Å². The van der Waals surface area contributed by atoms with Crippen molar-refractivity contribution in [1.82, 2.24) is 5.32 Å². The van der Waals surface area contributed by atoms with Crippen LogP contribution in [0.2, 0.25) is 0 Å². The van der Waals surface area contributed by atoms with Crippen molar-refractivity contribution < 1.29 is 22.7 Å². The third-order valence-electron chi connectivity index (χ3n) is 3.34. The largest absolute Gasteiger partial charge is 0.411 e. The van der Waals surface area contributed by atoms with E-state index < -0.39 is 18.7 Å². The van der Waals surface area contributed by atoms with Crippen molar-refractivity contribution in [3.05, 3.63) is 71.8 Å². The van der Waals surface area contributed by atoms with Gasteiger partial charge in [0.25, 0.3) is 0 Å². The molecule has 0 spiro atoms. The summed E-state index contributed by atoms with van der Waals surface area (Å²) in [7, 11) is 0. The quantitative estimate of drug-likeness (QED) is 0.785. The van der Waals surface area contributed by atoms with Gasteiger partial charge in [-0.2, -0.15) is 13.2 Å². The molecule has 1 N–H and O–H groups in total. The SMILES string of the molecule is O=C(NCCOCC(F)(F)F)C(c1ccccc1)c1ccccc1. The first kappa shape index (κ1) is 18.0. The summed E-state index contributed by atoms with van der Waals surface area (Å²) >= 11 is 0. The minimum absolute atomic E-state index is 0.0189. The van der Waals surface area contributed by atoms with Gasteiger partial charge in [-0.05, 0) is 11.1 Å². The molecular formula is C18H18F3NO2. The Morgan fingerprint density at radius 2 is 1.46 bits per heavy atom. The van der Waals surface area contributed by atoms with Gasteiger partial charge in [-0.3, -0.25) is 4.79 Å². The van der Waals surface area contributed by atoms with Gasteiger partial charge in [0.2, 0.25) is 5.91 Å². The van der Waals surface area contributed by atoms with Crippen LogP contribution in [0.1, 0.15) is 17.0 Å². The summed E-state index contributed by atoms with van der Waals surface area (Å²) in [5, 5.41) is 2.63. The number of ether oxygens (including phenoxy) is 1. The van der Waals surface area contributed by atoms with E-state index in [1.807, 2.05) is 60.7 Å². The maximum absolute atomic E-state index is 12.5. The van der Waals surface area contributed by atoms with E-state index in [4.69, 9.17) is 0 Å². The van der Waals surface area contributed by atoms with Gasteiger partial charge >= 0.3 is 6.18 Å². The number of hydrogen-bond acceptors (Lipinski definition) is 2. The topological polar surface area (TPSA) is 38.3 Å². The van der Waals surface area contributed by atoms with Gasteiger partial charge < -0.3 is 10.1 Å². The zero-order valence-electron chi connectivity index (χ0n) is 12.9. The highest BCUT2D eigenvalue weighted by molar-refractivity contribution is 5.87. The highest BCUT2D eigenvalue weighted by Crippen LogP contribution is 2.24. The third-order valence-corrected chi connectivity index (χ3v) is 3.34. The van der Waals surface area contributed by atoms with Crippen LogP contribution in [-0.2, 0) is 9.53 Å². The number of nitrogens with one attached hydrogen (secondary N) is 1. The van der Waals surface area contributed by atoms with Crippen LogP contribution < -0.4 is 5.32 Å². The molecule has 0 saturated heterocycles. The highest BCUT2D eigenvalue weighted by Gasteiger charge is 2.27. The Morgan fingerprint density at radius 1 is 0.958 bits per heavy atom. The average molecular weight is 337 g/mol. The number of carbonyl (C=O) groups is 1. The normalized spacial score (nSPS) is 11.5. The smallest absolute Gasteiger partial charge is 0.370 e. The fraction of sp³-hybridized carbons (Fsp3) is 0.278. The first-order chi connectivity index (χ1) is 11.5. The molecule has 0 heterocycles. The maximum atomic E-state index is 12.5. The van der Waals surface area contributed by atoms with Crippen LogP contribution in [0.5, 0.6) is 0 Å². The lowest BCUT2D eigenvalue weighted by molar-refractivity contribution is -0.173. The molecule has 128 valence electrons. The van der Waals surface area contributed by atoms with Crippen molar-refractivity contribution in [1.29, 1.82) is 0 Å². The molecule has 6 heteroatoms. The van der Waals surface area contributed by atoms with Crippen molar-refractivity contribution in [2.24, 2.45) is 0 Å². The summed E-state index contributed by atoms with van der Waals surface area (Å²) < 4.78 is 40.5. The lowest BCUT2D eigenvalue weighted by Crippen LogP contribution is -2.33. The number of rotatable bonds is 7. The van der Waals surface area contributed by atoms with Gasteiger partial charge in [0.1, 0.15) is 6.61 Å². The van der Waals surface area contributed by atoms with Crippen molar-refractivity contribution in [2.45, 2.75) is 12.1 Å². The van der Waals surface area contributed by atoms with Crippen molar-refractivity contribution >= 4 is 5.91 Å². The molecule has 2 rings (SSSR count). The number of hydrogen-bond donors (Lipinski definition) is 1. The summed E-state index contributed by atoms with van der Waals surface area (Å²) in [6, 6.07) is 18.4. The average Bonchev–Trinajstić information content (AvgIpc) is 2.56. The number of amides is 1. The first-order valence-corrected chi connectivity index (χ1v) is 7.49. The highest BCUT2D eigenvalue weighted by atomic mass is 19.4. The summed E-state index contributed by atoms with van der Waals surface area (Å²) in [4.78, 5) is 12.5. The zero-order chi connectivity index (χ0) is 17.4. The predicted molar refractivity (Wildman–Crippen MR) is 84.6 cm³/mol. The van der Waals surface area contributed by atoms with Crippen LogP contribution >= 0.6 is 0 Å². The van der Waals surface area contributed by atoms with E-state index in [0.29, 0.717) is 0 Å². The van der Waals surface area contributed by atoms with Crippen LogP contribution in [0.4, 0.5) is 13.2 Å². The second-order valence-corrected chi connectivity index (χ2v) is 5.21. The van der Waals surface area contributed by atoms with E-state index in [0.717, 1.165) is 11.1 Å². The molecule has 24 heavy (non-hydrogen) atoms. The van der Waals surface area contributed by atoms with Gasteiger partial charge in [0.05, 0.1) is 12.5 Å². The number of halogens is 3. The Morgan fingerprint density at radius 3 is 1.92 bits per heavy atom. The molecule has 1 amide bonds. The maximum Gasteiger partial charge on any atom is 0.411 e. The van der Waals surface area contributed by atoms with Crippen molar-refractivity contribution in [2.75, 3.05) is 19.8 Å². The minimum atomic E-state index is -4.36. The van der Waals surface area contributed by atoms with Gasteiger partial charge in [-0.25, -0.2) is 0 Å². The standard InChI is InChI=1S/C18H18F3NO2/c19-18(20,21)13-24-12-11-22-17(23)16(14-7-3-1-4-8-14)15-9-5-2-6-10-15/h1-10,16H,11-13H2,(H,22,23). The molecule has 2 aromatic rings. The number of alkyl halides is 3. The summed E-state index contributed by atoms with van der Waals surface area (Å²) in [5.41, 5.74) is 1.63. The second-order valence-electron chi connectivity index (χ2n) is 5.21. The number of carbonyl (C=O) groups excluding carboxylic acids is 1. The second kappa shape index (κ2) is 8.49. The Balaban J connectivity index is 1.99. The zero-order valence-corrected chi connectivity index (χ0v) is 12.9. The summed E-state index contributed by atoms with van der Waals surface area (Å²) in [5.74, 6) is -0.793. The molecule has 2 aromatic carbocycles. The van der Waals surface area contributed by atoms with Gasteiger partial charge in [-0.1, -0.05) is 60.7 Å². The van der Waals surface area contributed by atoms with Crippen LogP contribution in [0.15, 0.2) is 60.7 Å². The van der Waals surface area contributed by atoms with Gasteiger partial charge in [0.15, 0.2) is 0 Å². The third kappa shape index (κ3) is 5.70. The summed E-state index contributed by atoms with van der Waals surface area (Å²) in [6.45, 7) is -1.49. The van der Waals surface area contributed by atoms with Crippen LogP contribution in [-0.4, -0.2) is 31.8 Å². The first-order valence-electron chi connectivity index (χ1n) is 7.49. The Kier molecular flexibility index (Phi) is 6.37. The molecule has 0 aliphatic carbocycles. The molecular weight excluding hydrogens is 319 g/mol. The van der Waals surface area contributed by atoms with Crippen LogP contribution in [0.25, 0.3) is 0 Å². The molecule has 0 atom stereocenters. The number of benzene rings is 2. The van der Waals surface area contributed by atoms with Crippen LogP contribution in [0, 0.1) is 0 Å². The van der Waals surface area contributed by atoms with E-state index in [1.54, 1.807) is 0 Å². The molecule has 0 fully saturated rings. The molecule has 0 saturated carbocycles. The molecule has 0 bridgehead atoms. The molecule has 0 unspecified atom stereocenters. The van der Waals surface area contributed by atoms with E-state index in [9.17, 15) is 18.0 Å². The molecule has 0 aromatic heterocycles. The van der Waals surface area contributed by atoms with E-state index in [1.165, 1.54) is 0 Å². The fourth-order valence-corrected chi connectivity index (χ4v) is 2.32. The van der Waals surface area contributed by atoms with E-state index in [2.05, 4.69) is 10.1 Å². The van der Waals surface area contributed by atoms with Crippen molar-refractivity contribution in [3.63, 3.8) is 0 Å². The molecule has 0 radical (unpaired) electrons. The molecule has 0 aliphatic rings. The fourth-order valence-electron chi connectivity index (χ4n) is 2.32.